The number of hydrogen-bond acceptors (Lipinski definition) is 3. The quantitative estimate of drug-likeness (QED) is 0.454. The monoisotopic (exact) mass is 410 g/mol. The van der Waals surface area contributed by atoms with Gasteiger partial charge >= 0.3 is 0 Å². The van der Waals surface area contributed by atoms with Crippen LogP contribution in [0.15, 0.2) is 79.4 Å². The van der Waals surface area contributed by atoms with Gasteiger partial charge in [-0.3, -0.25) is 19.5 Å². The molecule has 154 valence electrons. The molecule has 0 atom stereocenters. The molecule has 0 bridgehead atoms. The highest BCUT2D eigenvalue weighted by Crippen LogP contribution is 2.27. The van der Waals surface area contributed by atoms with E-state index in [1.807, 2.05) is 66.9 Å². The third kappa shape index (κ3) is 4.23. The Hall–Kier alpha value is -4.19. The minimum Gasteiger partial charge on any atom is -0.322 e. The highest BCUT2D eigenvalue weighted by Gasteiger charge is 2.16. The summed E-state index contributed by atoms with van der Waals surface area (Å²) >= 11 is 0. The van der Waals surface area contributed by atoms with Crippen LogP contribution >= 0.6 is 0 Å². The standard InChI is InChI=1S/C25H22N4O2/c1-4-23(30)26-19-6-5-7-20(15-19)29-22-13-10-17(3)14-21(22)27-25(29)28-24(31)18-11-8-16(2)9-12-18/h4-15H,1H2,2-3H3,(H,26,30)(H,27,28,31). The number of aryl methyl sites for hydroxylation is 2. The number of hydrogen-bond donors (Lipinski definition) is 2. The van der Waals surface area contributed by atoms with Crippen LogP contribution in [0.4, 0.5) is 11.6 Å². The van der Waals surface area contributed by atoms with Crippen molar-refractivity contribution in [2.75, 3.05) is 10.6 Å². The summed E-state index contributed by atoms with van der Waals surface area (Å²) in [6.45, 7) is 7.45. The fourth-order valence-corrected chi connectivity index (χ4v) is 3.33. The van der Waals surface area contributed by atoms with Gasteiger partial charge < -0.3 is 5.32 Å². The fraction of sp³-hybridized carbons (Fsp3) is 0.0800. The van der Waals surface area contributed by atoms with Crippen molar-refractivity contribution < 1.29 is 9.59 Å². The number of rotatable bonds is 5. The van der Waals surface area contributed by atoms with E-state index in [2.05, 4.69) is 22.2 Å². The highest BCUT2D eigenvalue weighted by molar-refractivity contribution is 6.04. The SMILES string of the molecule is C=CC(=O)Nc1cccc(-n2c(NC(=O)c3ccc(C)cc3)nc3cc(C)ccc32)c1. The molecule has 0 unspecified atom stereocenters. The predicted molar refractivity (Wildman–Crippen MR) is 124 cm³/mol. The van der Waals surface area contributed by atoms with E-state index in [1.54, 1.807) is 18.2 Å². The number of anilines is 2. The lowest BCUT2D eigenvalue weighted by molar-refractivity contribution is -0.111. The van der Waals surface area contributed by atoms with Crippen molar-refractivity contribution in [2.24, 2.45) is 0 Å². The normalized spacial score (nSPS) is 10.6. The Morgan fingerprint density at radius 2 is 1.68 bits per heavy atom. The summed E-state index contributed by atoms with van der Waals surface area (Å²) in [6.07, 6.45) is 1.22. The molecule has 1 aromatic heterocycles. The van der Waals surface area contributed by atoms with Crippen LogP contribution in [0.2, 0.25) is 0 Å². The molecule has 0 aliphatic carbocycles. The van der Waals surface area contributed by atoms with Crippen LogP contribution in [0, 0.1) is 13.8 Å². The lowest BCUT2D eigenvalue weighted by atomic mass is 10.1. The van der Waals surface area contributed by atoms with Crippen LogP contribution in [0.3, 0.4) is 0 Å². The maximum absolute atomic E-state index is 12.9. The molecule has 2 amide bonds. The van der Waals surface area contributed by atoms with E-state index in [0.717, 1.165) is 27.8 Å². The van der Waals surface area contributed by atoms with Crippen LogP contribution in [0.1, 0.15) is 21.5 Å². The third-order valence-electron chi connectivity index (χ3n) is 4.91. The third-order valence-corrected chi connectivity index (χ3v) is 4.91. The Labute approximate surface area is 180 Å². The Morgan fingerprint density at radius 3 is 2.42 bits per heavy atom. The maximum Gasteiger partial charge on any atom is 0.257 e. The Kier molecular flexibility index (Phi) is 5.37. The lowest BCUT2D eigenvalue weighted by Crippen LogP contribution is -2.15. The molecule has 1 heterocycles. The number of amides is 2. The Morgan fingerprint density at radius 1 is 0.935 bits per heavy atom. The molecule has 31 heavy (non-hydrogen) atoms. The van der Waals surface area contributed by atoms with Gasteiger partial charge in [0.15, 0.2) is 0 Å². The van der Waals surface area contributed by atoms with Crippen LogP contribution < -0.4 is 10.6 Å². The van der Waals surface area contributed by atoms with E-state index in [9.17, 15) is 9.59 Å². The average Bonchev–Trinajstić information content (AvgIpc) is 3.11. The summed E-state index contributed by atoms with van der Waals surface area (Å²) in [5.74, 6) is -0.140. The number of benzene rings is 3. The molecule has 0 saturated heterocycles. The topological polar surface area (TPSA) is 76.0 Å². The molecule has 2 N–H and O–H groups in total. The number of nitrogens with one attached hydrogen (secondary N) is 2. The maximum atomic E-state index is 12.9. The molecule has 4 rings (SSSR count). The molecule has 4 aromatic rings. The van der Waals surface area contributed by atoms with Gasteiger partial charge in [-0.2, -0.15) is 0 Å². The lowest BCUT2D eigenvalue weighted by Gasteiger charge is -2.12. The van der Waals surface area contributed by atoms with Gasteiger partial charge in [0.2, 0.25) is 11.9 Å². The van der Waals surface area contributed by atoms with Crippen LogP contribution in [0.5, 0.6) is 0 Å². The van der Waals surface area contributed by atoms with Gasteiger partial charge in [-0.15, -0.1) is 0 Å². The van der Waals surface area contributed by atoms with Gasteiger partial charge in [0.1, 0.15) is 0 Å². The van der Waals surface area contributed by atoms with Crippen molar-refractivity contribution >= 4 is 34.5 Å². The molecule has 0 saturated carbocycles. The van der Waals surface area contributed by atoms with E-state index >= 15 is 0 Å². The van der Waals surface area contributed by atoms with Crippen molar-refractivity contribution in [2.45, 2.75) is 13.8 Å². The molecule has 6 nitrogen and oxygen atoms in total. The number of aromatic nitrogens is 2. The van der Waals surface area contributed by atoms with Crippen LogP contribution in [-0.4, -0.2) is 21.4 Å². The van der Waals surface area contributed by atoms with Gasteiger partial charge in [0.05, 0.1) is 16.7 Å². The average molecular weight is 410 g/mol. The van der Waals surface area contributed by atoms with E-state index in [4.69, 9.17) is 0 Å². The summed E-state index contributed by atoms with van der Waals surface area (Å²) in [5, 5.41) is 5.70. The molecule has 6 heteroatoms. The van der Waals surface area contributed by atoms with E-state index in [0.29, 0.717) is 17.2 Å². The molecule has 0 spiro atoms. The second-order valence-electron chi connectivity index (χ2n) is 7.33. The first-order chi connectivity index (χ1) is 14.9. The van der Waals surface area contributed by atoms with Gasteiger partial charge in [0, 0.05) is 11.3 Å². The van der Waals surface area contributed by atoms with E-state index < -0.39 is 0 Å². The predicted octanol–water partition coefficient (Wildman–Crippen LogP) is 5.02. The van der Waals surface area contributed by atoms with E-state index in [-0.39, 0.29) is 11.8 Å². The molecule has 3 aromatic carbocycles. The van der Waals surface area contributed by atoms with Crippen molar-refractivity contribution in [3.63, 3.8) is 0 Å². The van der Waals surface area contributed by atoms with Gasteiger partial charge in [-0.05, 0) is 68.0 Å². The Bertz CT molecular complexity index is 1300. The zero-order valence-electron chi connectivity index (χ0n) is 17.3. The highest BCUT2D eigenvalue weighted by atomic mass is 16.2. The van der Waals surface area contributed by atoms with Gasteiger partial charge in [-0.25, -0.2) is 4.98 Å². The van der Waals surface area contributed by atoms with Crippen molar-refractivity contribution in [1.29, 1.82) is 0 Å². The summed E-state index contributed by atoms with van der Waals surface area (Å²) in [6, 6.07) is 20.6. The molecular weight excluding hydrogens is 388 g/mol. The van der Waals surface area contributed by atoms with Gasteiger partial charge in [-0.1, -0.05) is 36.4 Å². The fourth-order valence-electron chi connectivity index (χ4n) is 3.33. The summed E-state index contributed by atoms with van der Waals surface area (Å²) < 4.78 is 1.87. The van der Waals surface area contributed by atoms with Gasteiger partial charge in [0.25, 0.3) is 5.91 Å². The minimum atomic E-state index is -0.295. The second kappa shape index (κ2) is 8.28. The Balaban J connectivity index is 1.79. The van der Waals surface area contributed by atoms with E-state index in [1.165, 1.54) is 6.08 Å². The van der Waals surface area contributed by atoms with Crippen LogP contribution in [-0.2, 0) is 4.79 Å². The summed E-state index contributed by atoms with van der Waals surface area (Å²) in [5.41, 5.74) is 5.68. The summed E-state index contributed by atoms with van der Waals surface area (Å²) in [7, 11) is 0. The van der Waals surface area contributed by atoms with Crippen molar-refractivity contribution in [1.82, 2.24) is 9.55 Å². The number of carbonyl (C=O) groups is 2. The van der Waals surface area contributed by atoms with Crippen molar-refractivity contribution in [3.8, 4) is 5.69 Å². The first kappa shape index (κ1) is 20.1. The number of nitrogens with zero attached hydrogens (tertiary/aromatic N) is 2. The number of fused-ring (bicyclic) bond motifs is 1. The first-order valence-corrected chi connectivity index (χ1v) is 9.85. The zero-order chi connectivity index (χ0) is 22.0. The first-order valence-electron chi connectivity index (χ1n) is 9.85. The molecule has 0 fully saturated rings. The zero-order valence-corrected chi connectivity index (χ0v) is 17.3. The minimum absolute atomic E-state index is 0.246. The molecule has 0 radical (unpaired) electrons. The number of carbonyl (C=O) groups excluding carboxylic acids is 2. The molecular formula is C25H22N4O2. The summed E-state index contributed by atoms with van der Waals surface area (Å²) in [4.78, 5) is 29.3. The molecule has 0 aliphatic heterocycles. The second-order valence-corrected chi connectivity index (χ2v) is 7.33. The number of imidazole rings is 1. The largest absolute Gasteiger partial charge is 0.322 e. The van der Waals surface area contributed by atoms with Crippen LogP contribution in [0.25, 0.3) is 16.7 Å². The van der Waals surface area contributed by atoms with Crippen molar-refractivity contribution in [3.05, 3.63) is 96.1 Å². The smallest absolute Gasteiger partial charge is 0.257 e. The molecule has 0 aliphatic rings.